The molecule has 0 aromatic heterocycles. The van der Waals surface area contributed by atoms with Crippen LogP contribution in [-0.2, 0) is 0 Å². The zero-order valence-corrected chi connectivity index (χ0v) is 13.8. The summed E-state index contributed by atoms with van der Waals surface area (Å²) in [5.41, 5.74) is 1.30. The molecule has 0 radical (unpaired) electrons. The van der Waals surface area contributed by atoms with Crippen LogP contribution in [0.2, 0.25) is 10.0 Å². The summed E-state index contributed by atoms with van der Waals surface area (Å²) >= 11 is 11.8. The fourth-order valence-electron chi connectivity index (χ4n) is 1.94. The van der Waals surface area contributed by atoms with E-state index >= 15 is 0 Å². The van der Waals surface area contributed by atoms with E-state index in [-0.39, 0.29) is 11.5 Å². The molecule has 0 saturated heterocycles. The summed E-state index contributed by atoms with van der Waals surface area (Å²) < 4.78 is 47.1. The summed E-state index contributed by atoms with van der Waals surface area (Å²) in [7, 11) is 0. The second-order valence-corrected chi connectivity index (χ2v) is 5.75. The number of alkyl halides is 3. The Labute approximate surface area is 141 Å². The van der Waals surface area contributed by atoms with Gasteiger partial charge < -0.3 is 9.47 Å². The lowest BCUT2D eigenvalue weighted by molar-refractivity contribution is -0.275. The second-order valence-electron chi connectivity index (χ2n) is 4.93. The number of ether oxygens (including phenoxy) is 2. The van der Waals surface area contributed by atoms with Crippen molar-refractivity contribution in [2.24, 2.45) is 0 Å². The molecule has 0 aliphatic heterocycles. The van der Waals surface area contributed by atoms with Crippen LogP contribution < -0.4 is 9.47 Å². The van der Waals surface area contributed by atoms with Crippen LogP contribution in [-0.4, -0.2) is 6.36 Å². The van der Waals surface area contributed by atoms with Crippen molar-refractivity contribution in [3.05, 3.63) is 57.6 Å². The number of benzene rings is 2. The van der Waals surface area contributed by atoms with E-state index < -0.39 is 12.5 Å². The predicted molar refractivity (Wildman–Crippen MR) is 83.4 cm³/mol. The third-order valence-corrected chi connectivity index (χ3v) is 3.78. The molecule has 7 heteroatoms. The van der Waals surface area contributed by atoms with Crippen molar-refractivity contribution in [1.82, 2.24) is 0 Å². The van der Waals surface area contributed by atoms with Crippen molar-refractivity contribution in [3.63, 3.8) is 0 Å². The molecule has 0 spiro atoms. The monoisotopic (exact) mass is 364 g/mol. The average molecular weight is 365 g/mol. The molecule has 0 bridgehead atoms. The maximum Gasteiger partial charge on any atom is 0.573 e. The van der Waals surface area contributed by atoms with Crippen molar-refractivity contribution in [3.8, 4) is 11.5 Å². The molecule has 0 amide bonds. The standard InChI is InChI=1S/C16H13Cl2F3O2/c1-9-3-6-14(15(7-9)23-16(19,20)21)22-10(2)11-4-5-12(17)13(18)8-11/h3-8,10H,1-2H3. The van der Waals surface area contributed by atoms with Gasteiger partial charge in [0.25, 0.3) is 0 Å². The minimum Gasteiger partial charge on any atom is -0.482 e. The summed E-state index contributed by atoms with van der Waals surface area (Å²) in [6.45, 7) is 3.35. The van der Waals surface area contributed by atoms with Crippen molar-refractivity contribution in [2.45, 2.75) is 26.3 Å². The van der Waals surface area contributed by atoms with E-state index in [9.17, 15) is 13.2 Å². The lowest BCUT2D eigenvalue weighted by atomic mass is 10.1. The van der Waals surface area contributed by atoms with E-state index in [1.807, 2.05) is 0 Å². The van der Waals surface area contributed by atoms with Crippen LogP contribution in [0.5, 0.6) is 11.5 Å². The molecule has 2 nitrogen and oxygen atoms in total. The van der Waals surface area contributed by atoms with E-state index in [4.69, 9.17) is 27.9 Å². The Bertz CT molecular complexity index is 702. The highest BCUT2D eigenvalue weighted by Crippen LogP contribution is 2.36. The molecular weight excluding hydrogens is 352 g/mol. The molecule has 2 aromatic rings. The van der Waals surface area contributed by atoms with Crippen LogP contribution in [0, 0.1) is 6.92 Å². The molecule has 1 atom stereocenters. The molecule has 0 saturated carbocycles. The molecule has 124 valence electrons. The normalized spacial score (nSPS) is 12.8. The van der Waals surface area contributed by atoms with E-state index in [0.717, 1.165) is 0 Å². The van der Waals surface area contributed by atoms with Gasteiger partial charge in [-0.25, -0.2) is 0 Å². The minimum atomic E-state index is -4.79. The fourth-order valence-corrected chi connectivity index (χ4v) is 2.25. The molecule has 1 unspecified atom stereocenters. The van der Waals surface area contributed by atoms with Gasteiger partial charge in [0, 0.05) is 0 Å². The van der Waals surface area contributed by atoms with Crippen molar-refractivity contribution < 1.29 is 22.6 Å². The molecule has 2 aromatic carbocycles. The Morgan fingerprint density at radius 1 is 0.957 bits per heavy atom. The topological polar surface area (TPSA) is 18.5 Å². The van der Waals surface area contributed by atoms with Crippen molar-refractivity contribution in [2.75, 3.05) is 0 Å². The first-order valence-electron chi connectivity index (χ1n) is 6.64. The maximum absolute atomic E-state index is 12.5. The molecule has 0 heterocycles. The van der Waals surface area contributed by atoms with Crippen molar-refractivity contribution >= 4 is 23.2 Å². The van der Waals surface area contributed by atoms with E-state index in [0.29, 0.717) is 21.2 Å². The highest BCUT2D eigenvalue weighted by molar-refractivity contribution is 6.42. The Morgan fingerprint density at radius 3 is 2.26 bits per heavy atom. The largest absolute Gasteiger partial charge is 0.573 e. The van der Waals surface area contributed by atoms with Gasteiger partial charge in [0.1, 0.15) is 6.10 Å². The SMILES string of the molecule is Cc1ccc(OC(C)c2ccc(Cl)c(Cl)c2)c(OC(F)(F)F)c1. The molecular formula is C16H13Cl2F3O2. The predicted octanol–water partition coefficient (Wildman–Crippen LogP) is 6.34. The summed E-state index contributed by atoms with van der Waals surface area (Å²) in [6.07, 6.45) is -5.33. The third kappa shape index (κ3) is 4.94. The lowest BCUT2D eigenvalue weighted by Crippen LogP contribution is -2.18. The molecule has 0 aliphatic rings. The van der Waals surface area contributed by atoms with Gasteiger partial charge in [-0.05, 0) is 49.2 Å². The second kappa shape index (κ2) is 6.89. The number of aryl methyl sites for hydroxylation is 1. The zero-order chi connectivity index (χ0) is 17.2. The summed E-state index contributed by atoms with van der Waals surface area (Å²) in [5.74, 6) is -0.393. The van der Waals surface area contributed by atoms with Gasteiger partial charge in [-0.1, -0.05) is 35.3 Å². The Morgan fingerprint density at radius 2 is 1.65 bits per heavy atom. The van der Waals surface area contributed by atoms with Gasteiger partial charge in [-0.2, -0.15) is 0 Å². The molecule has 23 heavy (non-hydrogen) atoms. The number of rotatable bonds is 4. The van der Waals surface area contributed by atoms with E-state index in [2.05, 4.69) is 4.74 Å². The van der Waals surface area contributed by atoms with Crippen LogP contribution in [0.25, 0.3) is 0 Å². The van der Waals surface area contributed by atoms with Gasteiger partial charge in [0.05, 0.1) is 10.0 Å². The van der Waals surface area contributed by atoms with Crippen LogP contribution in [0.4, 0.5) is 13.2 Å². The van der Waals surface area contributed by atoms with Crippen LogP contribution >= 0.6 is 23.2 Å². The summed E-state index contributed by atoms with van der Waals surface area (Å²) in [4.78, 5) is 0. The van der Waals surface area contributed by atoms with Gasteiger partial charge in [0.2, 0.25) is 0 Å². The zero-order valence-electron chi connectivity index (χ0n) is 12.2. The van der Waals surface area contributed by atoms with Gasteiger partial charge in [0.15, 0.2) is 11.5 Å². The Balaban J connectivity index is 2.26. The average Bonchev–Trinajstić information content (AvgIpc) is 2.43. The number of halogens is 5. The number of hydrogen-bond acceptors (Lipinski definition) is 2. The fraction of sp³-hybridized carbons (Fsp3) is 0.250. The summed E-state index contributed by atoms with van der Waals surface area (Å²) in [6, 6.07) is 9.24. The molecule has 0 aliphatic carbocycles. The molecule has 0 N–H and O–H groups in total. The Hall–Kier alpha value is -1.59. The maximum atomic E-state index is 12.5. The van der Waals surface area contributed by atoms with Gasteiger partial charge in [-0.3, -0.25) is 0 Å². The van der Waals surface area contributed by atoms with E-state index in [1.54, 1.807) is 38.1 Å². The first-order valence-corrected chi connectivity index (χ1v) is 7.39. The molecule has 0 fully saturated rings. The van der Waals surface area contributed by atoms with Crippen molar-refractivity contribution in [1.29, 1.82) is 0 Å². The smallest absolute Gasteiger partial charge is 0.482 e. The van der Waals surface area contributed by atoms with Gasteiger partial charge >= 0.3 is 6.36 Å². The van der Waals surface area contributed by atoms with Crippen LogP contribution in [0.1, 0.15) is 24.2 Å². The van der Waals surface area contributed by atoms with Crippen LogP contribution in [0.3, 0.4) is 0 Å². The number of hydrogen-bond donors (Lipinski definition) is 0. The minimum absolute atomic E-state index is 0.00787. The summed E-state index contributed by atoms with van der Waals surface area (Å²) in [5, 5.41) is 0.731. The third-order valence-electron chi connectivity index (χ3n) is 3.04. The lowest BCUT2D eigenvalue weighted by Gasteiger charge is -2.19. The molecule has 2 rings (SSSR count). The van der Waals surface area contributed by atoms with Crippen LogP contribution in [0.15, 0.2) is 36.4 Å². The van der Waals surface area contributed by atoms with E-state index in [1.165, 1.54) is 12.1 Å². The highest BCUT2D eigenvalue weighted by atomic mass is 35.5. The Kier molecular flexibility index (Phi) is 5.32. The quantitative estimate of drug-likeness (QED) is 0.629. The highest BCUT2D eigenvalue weighted by Gasteiger charge is 2.32. The first-order chi connectivity index (χ1) is 10.7. The first kappa shape index (κ1) is 17.8. The van der Waals surface area contributed by atoms with Gasteiger partial charge in [-0.15, -0.1) is 13.2 Å².